The van der Waals surface area contributed by atoms with Crippen LogP contribution in [-0.2, 0) is 48.6 Å². The molecule has 4 heterocycles. The predicted octanol–water partition coefficient (Wildman–Crippen LogP) is 3.84. The minimum absolute atomic E-state index is 0.114. The lowest BCUT2D eigenvalue weighted by atomic mass is 10.1. The van der Waals surface area contributed by atoms with Crippen molar-refractivity contribution in [2.45, 2.75) is 52.9 Å². The second-order valence-electron chi connectivity index (χ2n) is 10.4. The number of carbonyl (C=O) groups is 2. The molecule has 0 aliphatic rings. The van der Waals surface area contributed by atoms with E-state index in [-0.39, 0.29) is 13.1 Å². The molecule has 10 nitrogen and oxygen atoms in total. The van der Waals surface area contributed by atoms with Crippen LogP contribution in [0.1, 0.15) is 45.6 Å². The number of carboxylic acid groups (broad SMARTS) is 2. The molecule has 4 rings (SSSR count). The van der Waals surface area contributed by atoms with Gasteiger partial charge in [0.05, 0.1) is 35.9 Å². The maximum absolute atomic E-state index is 11.5. The van der Waals surface area contributed by atoms with Crippen LogP contribution in [0.15, 0.2) is 72.8 Å². The Labute approximate surface area is 245 Å². The highest BCUT2D eigenvalue weighted by atomic mass is 16.4. The summed E-state index contributed by atoms with van der Waals surface area (Å²) in [6.07, 6.45) is 1.32. The van der Waals surface area contributed by atoms with Gasteiger partial charge in [0.25, 0.3) is 0 Å². The smallest absolute Gasteiger partial charge is 0.317 e. The van der Waals surface area contributed by atoms with Crippen LogP contribution in [-0.4, -0.2) is 65.0 Å². The third-order valence-electron chi connectivity index (χ3n) is 6.52. The number of aromatic nitrogens is 4. The summed E-state index contributed by atoms with van der Waals surface area (Å²) < 4.78 is 0. The molecule has 0 bridgehead atoms. The van der Waals surface area contributed by atoms with Gasteiger partial charge in [-0.3, -0.25) is 39.3 Å². The average molecular weight is 569 g/mol. The average Bonchev–Trinajstić information content (AvgIpc) is 2.92. The Morgan fingerprint density at radius 3 is 1.17 bits per heavy atom. The molecule has 10 heteroatoms. The maximum atomic E-state index is 11.5. The van der Waals surface area contributed by atoms with E-state index >= 15 is 0 Å². The number of pyridine rings is 4. The number of aryl methyl sites for hydroxylation is 4. The summed E-state index contributed by atoms with van der Waals surface area (Å²) in [5, 5.41) is 18.9. The fourth-order valence-electron chi connectivity index (χ4n) is 4.78. The minimum Gasteiger partial charge on any atom is -0.480 e. The molecular formula is C32H36N6O4. The molecular weight excluding hydrogens is 532 g/mol. The first-order chi connectivity index (χ1) is 20.2. The lowest BCUT2D eigenvalue weighted by Crippen LogP contribution is -2.30. The van der Waals surface area contributed by atoms with Crippen molar-refractivity contribution in [1.82, 2.24) is 29.7 Å². The van der Waals surface area contributed by atoms with Gasteiger partial charge in [0.2, 0.25) is 0 Å². The van der Waals surface area contributed by atoms with E-state index in [1.807, 2.05) is 96.4 Å². The number of carboxylic acids is 2. The Hall–Kier alpha value is -4.54. The minimum atomic E-state index is -0.901. The SMILES string of the molecule is Cc1cccc(CN(CC(=O)O)Cc2cccc(CCc3cccc(CN(CC(=O)O)Cc4cccc(C)n4)n3)n2)n1. The fraction of sp³-hybridized carbons (Fsp3) is 0.312. The van der Waals surface area contributed by atoms with E-state index in [1.54, 1.807) is 0 Å². The van der Waals surface area contributed by atoms with Gasteiger partial charge in [-0.15, -0.1) is 0 Å². The number of rotatable bonds is 15. The summed E-state index contributed by atoms with van der Waals surface area (Å²) in [6, 6.07) is 23.1. The van der Waals surface area contributed by atoms with Crippen molar-refractivity contribution in [3.63, 3.8) is 0 Å². The highest BCUT2D eigenvalue weighted by Crippen LogP contribution is 2.12. The van der Waals surface area contributed by atoms with E-state index < -0.39 is 11.9 Å². The van der Waals surface area contributed by atoms with Crippen LogP contribution in [0, 0.1) is 13.8 Å². The van der Waals surface area contributed by atoms with Gasteiger partial charge in [0.15, 0.2) is 0 Å². The monoisotopic (exact) mass is 568 g/mol. The van der Waals surface area contributed by atoms with Crippen molar-refractivity contribution in [1.29, 1.82) is 0 Å². The Morgan fingerprint density at radius 1 is 0.524 bits per heavy atom. The maximum Gasteiger partial charge on any atom is 0.317 e. The van der Waals surface area contributed by atoms with Gasteiger partial charge in [-0.25, -0.2) is 0 Å². The molecule has 4 aromatic heterocycles. The third-order valence-corrected chi connectivity index (χ3v) is 6.52. The quantitative estimate of drug-likeness (QED) is 0.218. The number of nitrogens with zero attached hydrogens (tertiary/aromatic N) is 6. The Bertz CT molecular complexity index is 1400. The standard InChI is InChI=1S/C32H36N6O4/c1-23-7-3-11-27(33-23)17-37(21-31(39)40)19-29-13-5-9-25(35-29)15-16-26-10-6-14-30(36-26)20-38(22-32(41)42)18-28-12-4-8-24(2)34-28/h3-14H,15-22H2,1-2H3,(H,39,40)(H,41,42). The first kappa shape index (κ1) is 30.4. The van der Waals surface area contributed by atoms with Crippen molar-refractivity contribution in [3.05, 3.63) is 118 Å². The van der Waals surface area contributed by atoms with Crippen molar-refractivity contribution < 1.29 is 19.8 Å². The molecule has 218 valence electrons. The van der Waals surface area contributed by atoms with Crippen LogP contribution in [0.4, 0.5) is 0 Å². The lowest BCUT2D eigenvalue weighted by Gasteiger charge is -2.20. The summed E-state index contributed by atoms with van der Waals surface area (Å²) >= 11 is 0. The highest BCUT2D eigenvalue weighted by molar-refractivity contribution is 5.69. The van der Waals surface area contributed by atoms with Crippen LogP contribution in [0.25, 0.3) is 0 Å². The Kier molecular flexibility index (Phi) is 10.8. The second-order valence-corrected chi connectivity index (χ2v) is 10.4. The number of hydrogen-bond donors (Lipinski definition) is 2. The molecule has 0 aliphatic heterocycles. The van der Waals surface area contributed by atoms with Gasteiger partial charge in [-0.2, -0.15) is 0 Å². The first-order valence-electron chi connectivity index (χ1n) is 13.8. The van der Waals surface area contributed by atoms with Crippen molar-refractivity contribution in [2.24, 2.45) is 0 Å². The third kappa shape index (κ3) is 10.1. The van der Waals surface area contributed by atoms with Gasteiger partial charge in [0.1, 0.15) is 0 Å². The molecule has 0 amide bonds. The van der Waals surface area contributed by atoms with Crippen LogP contribution in [0.2, 0.25) is 0 Å². The van der Waals surface area contributed by atoms with Gasteiger partial charge in [0, 0.05) is 49.0 Å². The summed E-state index contributed by atoms with van der Waals surface area (Å²) in [4.78, 5) is 45.2. The zero-order valence-electron chi connectivity index (χ0n) is 24.0. The molecule has 0 atom stereocenters. The molecule has 0 aliphatic carbocycles. The zero-order valence-corrected chi connectivity index (χ0v) is 24.0. The normalized spacial score (nSPS) is 11.2. The van der Waals surface area contributed by atoms with E-state index in [9.17, 15) is 19.8 Å². The summed E-state index contributed by atoms with van der Waals surface area (Å²) in [5.41, 5.74) is 6.76. The molecule has 0 fully saturated rings. The van der Waals surface area contributed by atoms with Crippen molar-refractivity contribution in [2.75, 3.05) is 13.1 Å². The van der Waals surface area contributed by atoms with E-state index in [4.69, 9.17) is 9.97 Å². The molecule has 0 saturated heterocycles. The van der Waals surface area contributed by atoms with E-state index in [0.29, 0.717) is 39.0 Å². The molecule has 0 saturated carbocycles. The Balaban J connectivity index is 1.39. The molecule has 0 aromatic carbocycles. The molecule has 2 N–H and O–H groups in total. The number of aliphatic carboxylic acids is 2. The zero-order chi connectivity index (χ0) is 29.9. The molecule has 4 aromatic rings. The van der Waals surface area contributed by atoms with Crippen LogP contribution >= 0.6 is 0 Å². The topological polar surface area (TPSA) is 133 Å². The van der Waals surface area contributed by atoms with Gasteiger partial charge >= 0.3 is 11.9 Å². The van der Waals surface area contributed by atoms with Crippen LogP contribution in [0.3, 0.4) is 0 Å². The summed E-state index contributed by atoms with van der Waals surface area (Å²) in [7, 11) is 0. The van der Waals surface area contributed by atoms with Gasteiger partial charge in [-0.1, -0.05) is 24.3 Å². The van der Waals surface area contributed by atoms with Gasteiger partial charge < -0.3 is 10.2 Å². The van der Waals surface area contributed by atoms with E-state index in [2.05, 4.69) is 9.97 Å². The molecule has 0 spiro atoms. The summed E-state index contributed by atoms with van der Waals surface area (Å²) in [6.45, 7) is 5.20. The molecule has 0 unspecified atom stereocenters. The lowest BCUT2D eigenvalue weighted by molar-refractivity contribution is -0.139. The number of hydrogen-bond acceptors (Lipinski definition) is 8. The largest absolute Gasteiger partial charge is 0.480 e. The summed E-state index contributed by atoms with van der Waals surface area (Å²) in [5.74, 6) is -1.80. The van der Waals surface area contributed by atoms with Crippen LogP contribution < -0.4 is 0 Å². The molecule has 0 radical (unpaired) electrons. The van der Waals surface area contributed by atoms with E-state index in [0.717, 1.165) is 45.6 Å². The van der Waals surface area contributed by atoms with Gasteiger partial charge in [-0.05, 0) is 75.2 Å². The fourth-order valence-corrected chi connectivity index (χ4v) is 4.78. The Morgan fingerprint density at radius 2 is 0.833 bits per heavy atom. The highest BCUT2D eigenvalue weighted by Gasteiger charge is 2.15. The predicted molar refractivity (Wildman–Crippen MR) is 157 cm³/mol. The second kappa shape index (κ2) is 14.9. The first-order valence-corrected chi connectivity index (χ1v) is 13.8. The van der Waals surface area contributed by atoms with E-state index in [1.165, 1.54) is 0 Å². The molecule has 42 heavy (non-hydrogen) atoms. The van der Waals surface area contributed by atoms with Crippen molar-refractivity contribution in [3.8, 4) is 0 Å². The van der Waals surface area contributed by atoms with Crippen molar-refractivity contribution >= 4 is 11.9 Å². The van der Waals surface area contributed by atoms with Crippen LogP contribution in [0.5, 0.6) is 0 Å².